The second-order valence-corrected chi connectivity index (χ2v) is 7.23. The second-order valence-electron chi connectivity index (χ2n) is 7.23. The largest absolute Gasteiger partial charge is 0.417 e. The van der Waals surface area contributed by atoms with E-state index in [2.05, 4.69) is 4.98 Å². The molecule has 1 aliphatic carbocycles. The second kappa shape index (κ2) is 6.12. The first kappa shape index (κ1) is 17.9. The van der Waals surface area contributed by atoms with Gasteiger partial charge in [-0.05, 0) is 24.0 Å². The van der Waals surface area contributed by atoms with Gasteiger partial charge in [0.2, 0.25) is 5.91 Å². The lowest BCUT2D eigenvalue weighted by molar-refractivity contribution is -0.142. The molecule has 2 atom stereocenters. The van der Waals surface area contributed by atoms with Crippen molar-refractivity contribution in [2.75, 3.05) is 6.54 Å². The lowest BCUT2D eigenvalue weighted by atomic mass is 9.74. The molecule has 136 valence electrons. The lowest BCUT2D eigenvalue weighted by Gasteiger charge is -2.38. The minimum absolute atomic E-state index is 0.0604. The predicted octanol–water partition coefficient (Wildman–Crippen LogP) is 2.91. The van der Waals surface area contributed by atoms with Gasteiger partial charge in [0.1, 0.15) is 0 Å². The topological polar surface area (TPSA) is 59.2 Å². The van der Waals surface area contributed by atoms with Gasteiger partial charge in [-0.25, -0.2) is 0 Å². The van der Waals surface area contributed by atoms with Crippen molar-refractivity contribution >= 4 is 5.91 Å². The predicted molar refractivity (Wildman–Crippen MR) is 87.4 cm³/mol. The summed E-state index contributed by atoms with van der Waals surface area (Å²) in [6, 6.07) is 0.946. The zero-order chi connectivity index (χ0) is 18.4. The Bertz CT molecular complexity index is 714. The van der Waals surface area contributed by atoms with Crippen LogP contribution in [0.4, 0.5) is 13.2 Å². The van der Waals surface area contributed by atoms with Gasteiger partial charge in [-0.3, -0.25) is 9.78 Å². The highest BCUT2D eigenvalue weighted by Crippen LogP contribution is 2.41. The quantitative estimate of drug-likeness (QED) is 0.832. The Balaban J connectivity index is 1.87. The molecule has 2 heterocycles. The zero-order valence-corrected chi connectivity index (χ0v) is 14.3. The lowest BCUT2D eigenvalue weighted by Crippen LogP contribution is -2.48. The third-order valence-electron chi connectivity index (χ3n) is 5.30. The highest BCUT2D eigenvalue weighted by Gasteiger charge is 2.46. The maximum Gasteiger partial charge on any atom is 0.417 e. The number of fused-ring (bicyclic) bond motifs is 1. The molecule has 1 amide bonds. The molecule has 1 aromatic heterocycles. The van der Waals surface area contributed by atoms with E-state index >= 15 is 0 Å². The molecule has 0 saturated heterocycles. The third-order valence-corrected chi connectivity index (χ3v) is 5.30. The summed E-state index contributed by atoms with van der Waals surface area (Å²) >= 11 is 0. The van der Waals surface area contributed by atoms with Gasteiger partial charge in [-0.2, -0.15) is 13.2 Å². The molecule has 0 spiro atoms. The highest BCUT2D eigenvalue weighted by atomic mass is 19.4. The number of alkyl halides is 3. The number of hydrogen-bond acceptors (Lipinski definition) is 3. The summed E-state index contributed by atoms with van der Waals surface area (Å²) < 4.78 is 38.8. The molecule has 0 unspecified atom stereocenters. The van der Waals surface area contributed by atoms with E-state index in [4.69, 9.17) is 5.73 Å². The van der Waals surface area contributed by atoms with Gasteiger partial charge in [0.25, 0.3) is 0 Å². The van der Waals surface area contributed by atoms with Gasteiger partial charge in [0, 0.05) is 37.4 Å². The Kier molecular flexibility index (Phi) is 4.39. The molecule has 4 nitrogen and oxygen atoms in total. The Labute approximate surface area is 144 Å². The smallest absolute Gasteiger partial charge is 0.337 e. The van der Waals surface area contributed by atoms with Gasteiger partial charge < -0.3 is 10.6 Å². The number of carbonyl (C=O) groups excluding carboxylic acids is 1. The summed E-state index contributed by atoms with van der Waals surface area (Å²) in [5.74, 6) is 0.000549. The Morgan fingerprint density at radius 3 is 2.72 bits per heavy atom. The number of nitrogens with two attached hydrogens (primary N) is 1. The number of halogens is 3. The maximum atomic E-state index is 13.2. The van der Waals surface area contributed by atoms with E-state index in [1.807, 2.05) is 26.0 Å². The standard InChI is InChI=1S/C18H22F3N3O/c1-11(2)17(5-3-14(22)8-17)16(25)24-6-4-15-12(10-24)7-13(9-23-15)18(19,20)21/h3,5,7,9,11,14H,4,6,8,10,22H2,1-2H3/t14-,17+/m0/s1. The fraction of sp³-hybridized carbons (Fsp3) is 0.556. The van der Waals surface area contributed by atoms with Crippen LogP contribution in [-0.4, -0.2) is 28.4 Å². The van der Waals surface area contributed by atoms with Crippen molar-refractivity contribution in [1.82, 2.24) is 9.88 Å². The monoisotopic (exact) mass is 353 g/mol. The molecule has 7 heteroatoms. The molecular formula is C18H22F3N3O. The molecule has 0 aromatic carbocycles. The molecule has 1 aliphatic heterocycles. The van der Waals surface area contributed by atoms with Crippen LogP contribution in [0.1, 0.15) is 37.1 Å². The minimum Gasteiger partial charge on any atom is -0.337 e. The van der Waals surface area contributed by atoms with E-state index in [0.29, 0.717) is 30.6 Å². The van der Waals surface area contributed by atoms with Gasteiger partial charge in [0.05, 0.1) is 11.0 Å². The number of amides is 1. The Morgan fingerprint density at radius 2 is 2.16 bits per heavy atom. The number of rotatable bonds is 2. The van der Waals surface area contributed by atoms with Crippen LogP contribution in [-0.2, 0) is 23.9 Å². The average Bonchev–Trinajstić information content (AvgIpc) is 2.95. The molecule has 0 radical (unpaired) electrons. The summed E-state index contributed by atoms with van der Waals surface area (Å²) in [7, 11) is 0. The summed E-state index contributed by atoms with van der Waals surface area (Å²) in [5.41, 5.74) is 5.62. The van der Waals surface area contributed by atoms with Crippen LogP contribution in [0.25, 0.3) is 0 Å². The van der Waals surface area contributed by atoms with E-state index in [1.54, 1.807) is 4.90 Å². The Hall–Kier alpha value is -1.89. The number of aromatic nitrogens is 1. The molecule has 0 fully saturated rings. The van der Waals surface area contributed by atoms with Crippen LogP contribution in [0.3, 0.4) is 0 Å². The average molecular weight is 353 g/mol. The SMILES string of the molecule is CC(C)[C@@]1(C(=O)N2CCc3ncc(C(F)(F)F)cc3C2)C=C[C@H](N)C1. The van der Waals surface area contributed by atoms with Crippen LogP contribution >= 0.6 is 0 Å². The summed E-state index contributed by atoms with van der Waals surface area (Å²) in [6.45, 7) is 4.56. The first-order valence-electron chi connectivity index (χ1n) is 8.43. The molecule has 0 bridgehead atoms. The van der Waals surface area contributed by atoms with Gasteiger partial charge in [0.15, 0.2) is 0 Å². The van der Waals surface area contributed by atoms with Crippen molar-refractivity contribution in [3.8, 4) is 0 Å². The first-order chi connectivity index (χ1) is 11.6. The normalized spacial score (nSPS) is 26.2. The highest BCUT2D eigenvalue weighted by molar-refractivity contribution is 5.86. The number of carbonyl (C=O) groups is 1. The summed E-state index contributed by atoms with van der Waals surface area (Å²) in [5, 5.41) is 0. The van der Waals surface area contributed by atoms with Gasteiger partial charge in [-0.15, -0.1) is 0 Å². The number of hydrogen-bond donors (Lipinski definition) is 1. The molecule has 0 saturated carbocycles. The van der Waals surface area contributed by atoms with Crippen LogP contribution < -0.4 is 5.73 Å². The van der Waals surface area contributed by atoms with Crippen LogP contribution in [0.2, 0.25) is 0 Å². The minimum atomic E-state index is -4.44. The van der Waals surface area contributed by atoms with Crippen molar-refractivity contribution < 1.29 is 18.0 Å². The summed E-state index contributed by atoms with van der Waals surface area (Å²) in [4.78, 5) is 18.8. The van der Waals surface area contributed by atoms with Gasteiger partial charge in [-0.1, -0.05) is 26.0 Å². The van der Waals surface area contributed by atoms with Crippen LogP contribution in [0.5, 0.6) is 0 Å². The number of nitrogens with zero attached hydrogens (tertiary/aromatic N) is 2. The van der Waals surface area contributed by atoms with Gasteiger partial charge >= 0.3 is 6.18 Å². The number of pyridine rings is 1. The van der Waals surface area contributed by atoms with Crippen molar-refractivity contribution in [3.63, 3.8) is 0 Å². The fourth-order valence-corrected chi connectivity index (χ4v) is 3.70. The molecule has 2 N–H and O–H groups in total. The fourth-order valence-electron chi connectivity index (χ4n) is 3.70. The molecule has 2 aliphatic rings. The zero-order valence-electron chi connectivity index (χ0n) is 14.3. The van der Waals surface area contributed by atoms with Crippen LogP contribution in [0, 0.1) is 11.3 Å². The molecule has 25 heavy (non-hydrogen) atoms. The van der Waals surface area contributed by atoms with Crippen molar-refractivity contribution in [2.24, 2.45) is 17.1 Å². The molecule has 1 aromatic rings. The maximum absolute atomic E-state index is 13.2. The van der Waals surface area contributed by atoms with E-state index in [9.17, 15) is 18.0 Å². The van der Waals surface area contributed by atoms with Crippen LogP contribution in [0.15, 0.2) is 24.4 Å². The van der Waals surface area contributed by atoms with Crippen molar-refractivity contribution in [1.29, 1.82) is 0 Å². The molecular weight excluding hydrogens is 331 g/mol. The van der Waals surface area contributed by atoms with E-state index in [1.165, 1.54) is 0 Å². The van der Waals surface area contributed by atoms with Crippen molar-refractivity contribution in [3.05, 3.63) is 41.2 Å². The third kappa shape index (κ3) is 3.17. The van der Waals surface area contributed by atoms with E-state index in [-0.39, 0.29) is 24.4 Å². The molecule has 3 rings (SSSR count). The summed E-state index contributed by atoms with van der Waals surface area (Å²) in [6.07, 6.45) is 1.15. The van der Waals surface area contributed by atoms with E-state index in [0.717, 1.165) is 12.3 Å². The Morgan fingerprint density at radius 1 is 1.44 bits per heavy atom. The first-order valence-corrected chi connectivity index (χ1v) is 8.43. The van der Waals surface area contributed by atoms with E-state index < -0.39 is 17.2 Å². The van der Waals surface area contributed by atoms with Crippen molar-refractivity contribution in [2.45, 2.75) is 45.5 Å².